The first-order valence-electron chi connectivity index (χ1n) is 11.9. The smallest absolute Gasteiger partial charge is 0.150 e. The number of aldehydes is 1. The number of benzene rings is 2. The molecular formula is C28H30N6O. The van der Waals surface area contributed by atoms with Gasteiger partial charge in [-0.1, -0.05) is 43.2 Å². The van der Waals surface area contributed by atoms with Crippen molar-refractivity contribution in [2.45, 2.75) is 38.1 Å². The van der Waals surface area contributed by atoms with E-state index < -0.39 is 0 Å². The molecule has 0 radical (unpaired) electrons. The number of carbonyl (C=O) groups is 1. The van der Waals surface area contributed by atoms with E-state index in [1.165, 1.54) is 30.4 Å². The summed E-state index contributed by atoms with van der Waals surface area (Å²) in [4.78, 5) is 15.3. The van der Waals surface area contributed by atoms with Crippen molar-refractivity contribution in [1.82, 2.24) is 20.1 Å². The molecule has 1 fully saturated rings. The Hall–Kier alpha value is -3.97. The van der Waals surface area contributed by atoms with Gasteiger partial charge in [0.05, 0.1) is 11.2 Å². The second-order valence-electron chi connectivity index (χ2n) is 8.68. The van der Waals surface area contributed by atoms with Crippen molar-refractivity contribution < 1.29 is 4.79 Å². The maximum Gasteiger partial charge on any atom is 0.150 e. The van der Waals surface area contributed by atoms with Gasteiger partial charge in [-0.2, -0.15) is 5.10 Å². The fourth-order valence-electron chi connectivity index (χ4n) is 4.27. The van der Waals surface area contributed by atoms with Crippen molar-refractivity contribution in [3.63, 3.8) is 0 Å². The third kappa shape index (κ3) is 6.13. The quantitative estimate of drug-likeness (QED) is 0.227. The summed E-state index contributed by atoms with van der Waals surface area (Å²) >= 11 is 0. The number of hydrogen-bond acceptors (Lipinski definition) is 6. The van der Waals surface area contributed by atoms with Gasteiger partial charge in [0, 0.05) is 35.2 Å². The van der Waals surface area contributed by atoms with Gasteiger partial charge < -0.3 is 5.32 Å². The fraction of sp³-hybridized carbons (Fsp3) is 0.250. The molecule has 0 atom stereocenters. The first kappa shape index (κ1) is 24.2. The van der Waals surface area contributed by atoms with E-state index in [1.54, 1.807) is 36.5 Å². The SMILES string of the molecule is CNC1CCCC1.N=C(Cc1ccc2ncccc2c1)n1nc(-c2cccc(C=O)c2)ccc1=N. The number of aromatic nitrogens is 3. The van der Waals surface area contributed by atoms with Gasteiger partial charge in [-0.15, -0.1) is 0 Å². The number of hydrogen-bond donors (Lipinski definition) is 3. The maximum absolute atomic E-state index is 11.0. The van der Waals surface area contributed by atoms with Crippen LogP contribution in [0.4, 0.5) is 0 Å². The molecule has 1 saturated carbocycles. The van der Waals surface area contributed by atoms with Gasteiger partial charge >= 0.3 is 0 Å². The molecule has 35 heavy (non-hydrogen) atoms. The summed E-state index contributed by atoms with van der Waals surface area (Å²) in [7, 11) is 2.05. The van der Waals surface area contributed by atoms with Crippen LogP contribution in [0.5, 0.6) is 0 Å². The Balaban J connectivity index is 0.000000356. The Morgan fingerprint density at radius 2 is 1.91 bits per heavy atom. The maximum atomic E-state index is 11.0. The molecule has 2 heterocycles. The normalized spacial score (nSPS) is 13.3. The molecular weight excluding hydrogens is 436 g/mol. The van der Waals surface area contributed by atoms with E-state index in [-0.39, 0.29) is 11.3 Å². The average molecular weight is 467 g/mol. The highest BCUT2D eigenvalue weighted by molar-refractivity contribution is 5.85. The minimum absolute atomic E-state index is 0.128. The van der Waals surface area contributed by atoms with Crippen LogP contribution in [0, 0.1) is 10.8 Å². The summed E-state index contributed by atoms with van der Waals surface area (Å²) in [5, 5.41) is 25.3. The molecule has 7 nitrogen and oxygen atoms in total. The standard InChI is InChI=1S/C22H17N5O.C6H13N/c23-21-9-8-20(18-4-1-3-16(12-18)14-28)26-27(21)22(24)13-15-6-7-19-17(11-15)5-2-10-25-19;1-7-6-4-2-3-5-6/h1-12,14,23-24H,13H2;6-7H,2-5H2,1H3. The highest BCUT2D eigenvalue weighted by Gasteiger charge is 2.11. The van der Waals surface area contributed by atoms with Gasteiger partial charge in [0.15, 0.2) is 0 Å². The lowest BCUT2D eigenvalue weighted by molar-refractivity contribution is 0.112. The molecule has 1 aliphatic carbocycles. The van der Waals surface area contributed by atoms with Gasteiger partial charge in [-0.3, -0.25) is 20.6 Å². The van der Waals surface area contributed by atoms with Gasteiger partial charge in [0.1, 0.15) is 17.6 Å². The van der Waals surface area contributed by atoms with Gasteiger partial charge in [0.25, 0.3) is 0 Å². The minimum atomic E-state index is 0.128. The van der Waals surface area contributed by atoms with Crippen LogP contribution in [-0.2, 0) is 6.42 Å². The van der Waals surface area contributed by atoms with Crippen molar-refractivity contribution in [3.05, 3.63) is 89.5 Å². The molecule has 0 spiro atoms. The Morgan fingerprint density at radius 1 is 1.09 bits per heavy atom. The summed E-state index contributed by atoms with van der Waals surface area (Å²) in [6, 6.07) is 21.0. The molecule has 0 amide bonds. The largest absolute Gasteiger partial charge is 0.317 e. The number of pyridine rings is 1. The lowest BCUT2D eigenvalue weighted by atomic mass is 10.1. The number of fused-ring (bicyclic) bond motifs is 1. The summed E-state index contributed by atoms with van der Waals surface area (Å²) in [5.74, 6) is 0.196. The van der Waals surface area contributed by atoms with Crippen LogP contribution in [0.1, 0.15) is 41.6 Å². The molecule has 2 aromatic heterocycles. The third-order valence-electron chi connectivity index (χ3n) is 6.21. The van der Waals surface area contributed by atoms with Gasteiger partial charge in [-0.25, -0.2) is 4.68 Å². The fourth-order valence-corrected chi connectivity index (χ4v) is 4.27. The van der Waals surface area contributed by atoms with Crippen molar-refractivity contribution in [2.24, 2.45) is 0 Å². The Bertz CT molecular complexity index is 1390. The van der Waals surface area contributed by atoms with Crippen LogP contribution in [0.15, 0.2) is 72.9 Å². The molecule has 2 aromatic carbocycles. The molecule has 7 heteroatoms. The van der Waals surface area contributed by atoms with Crippen molar-refractivity contribution in [2.75, 3.05) is 7.05 Å². The van der Waals surface area contributed by atoms with Crippen molar-refractivity contribution in [3.8, 4) is 11.3 Å². The van der Waals surface area contributed by atoms with E-state index in [9.17, 15) is 4.79 Å². The lowest BCUT2D eigenvalue weighted by Crippen LogP contribution is -2.30. The highest BCUT2D eigenvalue weighted by atomic mass is 16.1. The van der Waals surface area contributed by atoms with Crippen LogP contribution < -0.4 is 10.8 Å². The second-order valence-corrected chi connectivity index (χ2v) is 8.68. The Labute approximate surface area is 204 Å². The molecule has 178 valence electrons. The zero-order chi connectivity index (χ0) is 24.6. The van der Waals surface area contributed by atoms with E-state index in [0.29, 0.717) is 17.7 Å². The van der Waals surface area contributed by atoms with E-state index >= 15 is 0 Å². The molecule has 0 unspecified atom stereocenters. The average Bonchev–Trinajstić information content (AvgIpc) is 3.43. The van der Waals surface area contributed by atoms with Crippen molar-refractivity contribution >= 4 is 23.0 Å². The number of nitrogens with one attached hydrogen (secondary N) is 3. The van der Waals surface area contributed by atoms with E-state index in [2.05, 4.69) is 22.4 Å². The van der Waals surface area contributed by atoms with Gasteiger partial charge in [0.2, 0.25) is 0 Å². The summed E-state index contributed by atoms with van der Waals surface area (Å²) in [6.45, 7) is 0. The van der Waals surface area contributed by atoms with Gasteiger partial charge in [-0.05, 0) is 61.9 Å². The zero-order valence-corrected chi connectivity index (χ0v) is 19.9. The number of nitrogens with zero attached hydrogens (tertiary/aromatic N) is 3. The van der Waals surface area contributed by atoms with E-state index in [4.69, 9.17) is 10.8 Å². The monoisotopic (exact) mass is 466 g/mol. The predicted octanol–water partition coefficient (Wildman–Crippen LogP) is 4.61. The predicted molar refractivity (Wildman–Crippen MR) is 139 cm³/mol. The van der Waals surface area contributed by atoms with Crippen LogP contribution in [-0.4, -0.2) is 40.0 Å². The van der Waals surface area contributed by atoms with E-state index in [1.807, 2.05) is 36.4 Å². The summed E-state index contributed by atoms with van der Waals surface area (Å²) in [5.41, 5.74) is 3.91. The van der Waals surface area contributed by atoms with E-state index in [0.717, 1.165) is 34.4 Å². The molecule has 5 rings (SSSR count). The lowest BCUT2D eigenvalue weighted by Gasteiger charge is -2.10. The number of rotatable bonds is 5. The van der Waals surface area contributed by atoms with Crippen LogP contribution in [0.25, 0.3) is 22.2 Å². The second kappa shape index (κ2) is 11.4. The molecule has 0 saturated heterocycles. The van der Waals surface area contributed by atoms with Crippen LogP contribution in [0.3, 0.4) is 0 Å². The topological polar surface area (TPSA) is 108 Å². The number of carbonyl (C=O) groups excluding carboxylic acids is 1. The Morgan fingerprint density at radius 3 is 2.66 bits per heavy atom. The minimum Gasteiger partial charge on any atom is -0.317 e. The third-order valence-corrected chi connectivity index (χ3v) is 6.21. The van der Waals surface area contributed by atoms with Crippen molar-refractivity contribution in [1.29, 1.82) is 10.8 Å². The highest BCUT2D eigenvalue weighted by Crippen LogP contribution is 2.18. The molecule has 4 aromatic rings. The van der Waals surface area contributed by atoms with Crippen LogP contribution in [0.2, 0.25) is 0 Å². The first-order valence-corrected chi connectivity index (χ1v) is 11.9. The molecule has 0 aliphatic heterocycles. The summed E-state index contributed by atoms with van der Waals surface area (Å²) < 4.78 is 1.32. The van der Waals surface area contributed by atoms with Crippen LogP contribution >= 0.6 is 0 Å². The summed E-state index contributed by atoms with van der Waals surface area (Å²) in [6.07, 6.45) is 8.55. The molecule has 0 bridgehead atoms. The first-order chi connectivity index (χ1) is 17.1. The Kier molecular flexibility index (Phi) is 7.90. The molecule has 1 aliphatic rings. The zero-order valence-electron chi connectivity index (χ0n) is 19.9. The molecule has 3 N–H and O–H groups in total.